The van der Waals surface area contributed by atoms with Gasteiger partial charge in [-0.25, -0.2) is 0 Å². The number of benzene rings is 2. The quantitative estimate of drug-likeness (QED) is 0.666. The molecule has 1 aliphatic heterocycles. The van der Waals surface area contributed by atoms with E-state index < -0.39 is 0 Å². The van der Waals surface area contributed by atoms with Crippen LogP contribution < -0.4 is 4.90 Å². The monoisotopic (exact) mass is 296 g/mol. The first-order chi connectivity index (χ1) is 10.1. The maximum atomic E-state index is 12.6. The van der Waals surface area contributed by atoms with E-state index in [4.69, 9.17) is 11.6 Å². The number of aryl methyl sites for hydroxylation is 1. The zero-order valence-electron chi connectivity index (χ0n) is 11.5. The Morgan fingerprint density at radius 3 is 2.81 bits per heavy atom. The summed E-state index contributed by atoms with van der Waals surface area (Å²) in [4.78, 5) is 14.4. The molecule has 1 aliphatic rings. The van der Waals surface area contributed by atoms with Gasteiger partial charge in [0.1, 0.15) is 0 Å². The van der Waals surface area contributed by atoms with Crippen molar-refractivity contribution in [1.29, 1.82) is 0 Å². The zero-order chi connectivity index (χ0) is 14.6. The number of rotatable bonds is 1. The van der Waals surface area contributed by atoms with Crippen LogP contribution in [0.25, 0.3) is 10.9 Å². The molecule has 0 bridgehead atoms. The van der Waals surface area contributed by atoms with Crippen LogP contribution in [-0.2, 0) is 13.6 Å². The highest BCUT2D eigenvalue weighted by Crippen LogP contribution is 2.33. The maximum Gasteiger partial charge on any atom is 0.260 e. The van der Waals surface area contributed by atoms with Crippen LogP contribution in [0, 0.1) is 0 Å². The van der Waals surface area contributed by atoms with Crippen LogP contribution >= 0.6 is 11.6 Å². The number of carbonyl (C=O) groups is 1. The number of amides is 1. The van der Waals surface area contributed by atoms with E-state index in [0.717, 1.165) is 22.2 Å². The molecule has 4 rings (SSSR count). The lowest BCUT2D eigenvalue weighted by atomic mass is 10.1. The largest absolute Gasteiger partial charge is 0.351 e. The molecule has 0 spiro atoms. The molecular weight excluding hydrogens is 284 g/mol. The fourth-order valence-electron chi connectivity index (χ4n) is 2.96. The Bertz CT molecular complexity index is 882. The fraction of sp³-hybridized carbons (Fsp3) is 0.118. The SMILES string of the molecule is Cn1ccc2cc(N3Cc4cccc(Cl)c4C3=O)ccc21. The van der Waals surface area contributed by atoms with Crippen LogP contribution in [0.3, 0.4) is 0 Å². The highest BCUT2D eigenvalue weighted by atomic mass is 35.5. The van der Waals surface area contributed by atoms with Gasteiger partial charge in [0.2, 0.25) is 0 Å². The van der Waals surface area contributed by atoms with Crippen molar-refractivity contribution >= 4 is 34.1 Å². The first-order valence-corrected chi connectivity index (χ1v) is 7.17. The lowest BCUT2D eigenvalue weighted by molar-refractivity contribution is 0.0997. The van der Waals surface area contributed by atoms with Gasteiger partial charge >= 0.3 is 0 Å². The fourth-order valence-corrected chi connectivity index (χ4v) is 3.24. The molecule has 3 nitrogen and oxygen atoms in total. The van der Waals surface area contributed by atoms with E-state index in [1.54, 1.807) is 11.0 Å². The van der Waals surface area contributed by atoms with Crippen molar-refractivity contribution in [3.05, 3.63) is 64.8 Å². The van der Waals surface area contributed by atoms with Gasteiger partial charge in [0, 0.05) is 29.8 Å². The summed E-state index contributed by atoms with van der Waals surface area (Å²) < 4.78 is 2.07. The van der Waals surface area contributed by atoms with E-state index in [1.165, 1.54) is 0 Å². The van der Waals surface area contributed by atoms with E-state index in [1.807, 2.05) is 43.6 Å². The molecule has 2 heterocycles. The molecule has 104 valence electrons. The zero-order valence-corrected chi connectivity index (χ0v) is 12.3. The summed E-state index contributed by atoms with van der Waals surface area (Å²) in [6, 6.07) is 13.7. The van der Waals surface area contributed by atoms with Crippen LogP contribution in [0.15, 0.2) is 48.7 Å². The van der Waals surface area contributed by atoms with Gasteiger partial charge in [0.25, 0.3) is 5.91 Å². The lowest BCUT2D eigenvalue weighted by Gasteiger charge is -2.16. The predicted octanol–water partition coefficient (Wildman–Crippen LogP) is 3.99. The van der Waals surface area contributed by atoms with Gasteiger partial charge in [-0.2, -0.15) is 0 Å². The molecule has 0 saturated heterocycles. The predicted molar refractivity (Wildman–Crippen MR) is 84.9 cm³/mol. The van der Waals surface area contributed by atoms with Crippen LogP contribution in [-0.4, -0.2) is 10.5 Å². The topological polar surface area (TPSA) is 25.2 Å². The van der Waals surface area contributed by atoms with E-state index in [2.05, 4.69) is 10.6 Å². The maximum absolute atomic E-state index is 12.6. The summed E-state index contributed by atoms with van der Waals surface area (Å²) >= 11 is 6.16. The summed E-state index contributed by atoms with van der Waals surface area (Å²) in [5.41, 5.74) is 3.68. The number of aromatic nitrogens is 1. The van der Waals surface area contributed by atoms with Crippen LogP contribution in [0.4, 0.5) is 5.69 Å². The molecular formula is C17H13ClN2O. The Kier molecular flexibility index (Phi) is 2.59. The number of carbonyl (C=O) groups excluding carboxylic acids is 1. The molecule has 0 radical (unpaired) electrons. The van der Waals surface area contributed by atoms with Crippen molar-refractivity contribution in [1.82, 2.24) is 4.57 Å². The molecule has 2 aromatic carbocycles. The minimum Gasteiger partial charge on any atom is -0.351 e. The smallest absolute Gasteiger partial charge is 0.260 e. The van der Waals surface area contributed by atoms with Crippen molar-refractivity contribution in [2.24, 2.45) is 7.05 Å². The van der Waals surface area contributed by atoms with Gasteiger partial charge in [-0.05, 0) is 35.9 Å². The molecule has 1 aromatic heterocycles. The minimum atomic E-state index is -0.0223. The summed E-state index contributed by atoms with van der Waals surface area (Å²) in [6.07, 6.45) is 2.02. The lowest BCUT2D eigenvalue weighted by Crippen LogP contribution is -2.23. The van der Waals surface area contributed by atoms with Crippen molar-refractivity contribution in [2.45, 2.75) is 6.54 Å². The third-order valence-electron chi connectivity index (χ3n) is 4.07. The van der Waals surface area contributed by atoms with Gasteiger partial charge in [-0.3, -0.25) is 4.79 Å². The van der Waals surface area contributed by atoms with Crippen molar-refractivity contribution in [3.63, 3.8) is 0 Å². The van der Waals surface area contributed by atoms with E-state index in [0.29, 0.717) is 17.1 Å². The van der Waals surface area contributed by atoms with Crippen molar-refractivity contribution in [3.8, 4) is 0 Å². The van der Waals surface area contributed by atoms with Gasteiger partial charge < -0.3 is 9.47 Å². The number of nitrogens with zero attached hydrogens (tertiary/aromatic N) is 2. The van der Waals surface area contributed by atoms with E-state index >= 15 is 0 Å². The van der Waals surface area contributed by atoms with Crippen molar-refractivity contribution < 1.29 is 4.79 Å². The highest BCUT2D eigenvalue weighted by molar-refractivity contribution is 6.35. The first-order valence-electron chi connectivity index (χ1n) is 6.79. The molecule has 21 heavy (non-hydrogen) atoms. The van der Waals surface area contributed by atoms with Gasteiger partial charge in [0.05, 0.1) is 17.1 Å². The Hall–Kier alpha value is -2.26. The van der Waals surface area contributed by atoms with E-state index in [-0.39, 0.29) is 5.91 Å². The second kappa shape index (κ2) is 4.37. The van der Waals surface area contributed by atoms with Gasteiger partial charge in [-0.1, -0.05) is 23.7 Å². The third-order valence-corrected chi connectivity index (χ3v) is 4.38. The number of fused-ring (bicyclic) bond motifs is 2. The van der Waals surface area contributed by atoms with Gasteiger partial charge in [0.15, 0.2) is 0 Å². The normalized spacial score (nSPS) is 14.0. The van der Waals surface area contributed by atoms with Crippen LogP contribution in [0.5, 0.6) is 0 Å². The number of anilines is 1. The molecule has 0 fully saturated rings. The first kappa shape index (κ1) is 12.5. The summed E-state index contributed by atoms with van der Waals surface area (Å²) in [7, 11) is 2.01. The molecule has 0 atom stereocenters. The minimum absolute atomic E-state index is 0.0223. The molecule has 0 N–H and O–H groups in total. The Balaban J connectivity index is 1.80. The van der Waals surface area contributed by atoms with Crippen molar-refractivity contribution in [2.75, 3.05) is 4.90 Å². The average molecular weight is 297 g/mol. The number of hydrogen-bond donors (Lipinski definition) is 0. The Morgan fingerprint density at radius 2 is 2.00 bits per heavy atom. The number of halogens is 1. The van der Waals surface area contributed by atoms with Crippen LogP contribution in [0.2, 0.25) is 5.02 Å². The molecule has 0 saturated carbocycles. The number of hydrogen-bond acceptors (Lipinski definition) is 1. The van der Waals surface area contributed by atoms with Gasteiger partial charge in [-0.15, -0.1) is 0 Å². The molecule has 3 aromatic rings. The Morgan fingerprint density at radius 1 is 1.14 bits per heavy atom. The molecule has 4 heteroatoms. The average Bonchev–Trinajstić information content (AvgIpc) is 3.01. The second-order valence-electron chi connectivity index (χ2n) is 5.34. The summed E-state index contributed by atoms with van der Waals surface area (Å²) in [5, 5.41) is 1.66. The highest BCUT2D eigenvalue weighted by Gasteiger charge is 2.30. The standard InChI is InChI=1S/C17H13ClN2O/c1-19-8-7-11-9-13(5-6-15(11)19)20-10-12-3-2-4-14(18)16(12)17(20)21/h2-9H,10H2,1H3. The summed E-state index contributed by atoms with van der Waals surface area (Å²) in [5.74, 6) is -0.0223. The van der Waals surface area contributed by atoms with Crippen LogP contribution in [0.1, 0.15) is 15.9 Å². The van der Waals surface area contributed by atoms with E-state index in [9.17, 15) is 4.79 Å². The Labute approximate surface area is 127 Å². The molecule has 0 aliphatic carbocycles. The second-order valence-corrected chi connectivity index (χ2v) is 5.74. The third kappa shape index (κ3) is 1.78. The molecule has 0 unspecified atom stereocenters. The summed E-state index contributed by atoms with van der Waals surface area (Å²) in [6.45, 7) is 0.576. The molecule has 1 amide bonds.